The summed E-state index contributed by atoms with van der Waals surface area (Å²) in [5, 5.41) is 4.51. The van der Waals surface area contributed by atoms with Crippen molar-refractivity contribution in [3.63, 3.8) is 0 Å². The monoisotopic (exact) mass is 451 g/mol. The van der Waals surface area contributed by atoms with Crippen molar-refractivity contribution in [3.05, 3.63) is 54.4 Å². The second kappa shape index (κ2) is 10.3. The second-order valence-electron chi connectivity index (χ2n) is 8.04. The third kappa shape index (κ3) is 5.56. The Morgan fingerprint density at radius 1 is 1.12 bits per heavy atom. The number of nitrogens with one attached hydrogen (secondary N) is 1. The van der Waals surface area contributed by atoms with Crippen LogP contribution in [-0.2, 0) is 16.1 Å². The van der Waals surface area contributed by atoms with Crippen molar-refractivity contribution in [2.24, 2.45) is 0 Å². The quantitative estimate of drug-likeness (QED) is 0.434. The molecule has 1 amide bonds. The van der Waals surface area contributed by atoms with Gasteiger partial charge in [0, 0.05) is 43.9 Å². The smallest absolute Gasteiger partial charge is 0.237 e. The maximum absolute atomic E-state index is 12.9. The number of benzene rings is 2. The van der Waals surface area contributed by atoms with Crippen LogP contribution >= 0.6 is 11.8 Å². The molecule has 0 saturated carbocycles. The lowest BCUT2D eigenvalue weighted by molar-refractivity contribution is -0.115. The predicted octanol–water partition coefficient (Wildman–Crippen LogP) is 3.65. The van der Waals surface area contributed by atoms with E-state index in [4.69, 9.17) is 14.7 Å². The molecule has 168 valence electrons. The Hall–Kier alpha value is -2.68. The fourth-order valence-corrected chi connectivity index (χ4v) is 4.48. The van der Waals surface area contributed by atoms with Crippen molar-refractivity contribution in [2.45, 2.75) is 23.7 Å². The summed E-state index contributed by atoms with van der Waals surface area (Å²) >= 11 is 1.47. The number of carbonyl (C=O) groups excluding carboxylic acids is 1. The molecule has 1 atom stereocenters. The third-order valence-electron chi connectivity index (χ3n) is 5.39. The van der Waals surface area contributed by atoms with Gasteiger partial charge in [0.15, 0.2) is 0 Å². The summed E-state index contributed by atoms with van der Waals surface area (Å²) < 4.78 is 5.44. The topological polar surface area (TPSA) is 70.6 Å². The summed E-state index contributed by atoms with van der Waals surface area (Å²) in [6, 6.07) is 15.8. The molecule has 3 aromatic rings. The van der Waals surface area contributed by atoms with Gasteiger partial charge in [0.05, 0.1) is 30.5 Å². The van der Waals surface area contributed by atoms with Crippen molar-refractivity contribution >= 4 is 39.9 Å². The average Bonchev–Trinajstić information content (AvgIpc) is 2.80. The van der Waals surface area contributed by atoms with E-state index in [0.717, 1.165) is 59.4 Å². The molecular formula is C24H29N5O2S. The van der Waals surface area contributed by atoms with Gasteiger partial charge in [-0.2, -0.15) is 0 Å². The lowest BCUT2D eigenvalue weighted by atomic mass is 10.2. The largest absolute Gasteiger partial charge is 0.379 e. The number of amides is 1. The first-order valence-corrected chi connectivity index (χ1v) is 11.7. The van der Waals surface area contributed by atoms with Crippen LogP contribution in [0.4, 0.5) is 11.4 Å². The van der Waals surface area contributed by atoms with E-state index >= 15 is 0 Å². The first-order chi connectivity index (χ1) is 15.5. The summed E-state index contributed by atoms with van der Waals surface area (Å²) in [5.41, 5.74) is 2.78. The van der Waals surface area contributed by atoms with Crippen LogP contribution in [0.2, 0.25) is 0 Å². The number of hydrogen-bond acceptors (Lipinski definition) is 7. The molecule has 0 aliphatic carbocycles. The Bertz CT molecular complexity index is 1070. The van der Waals surface area contributed by atoms with Crippen molar-refractivity contribution in [1.82, 2.24) is 14.9 Å². The lowest BCUT2D eigenvalue weighted by Crippen LogP contribution is -2.36. The van der Waals surface area contributed by atoms with Gasteiger partial charge in [-0.25, -0.2) is 9.97 Å². The van der Waals surface area contributed by atoms with Crippen molar-refractivity contribution in [3.8, 4) is 0 Å². The van der Waals surface area contributed by atoms with E-state index in [1.807, 2.05) is 74.4 Å². The molecule has 2 heterocycles. The number of anilines is 2. The van der Waals surface area contributed by atoms with E-state index in [0.29, 0.717) is 6.54 Å². The molecule has 1 aromatic heterocycles. The number of thioether (sulfide) groups is 1. The first-order valence-electron chi connectivity index (χ1n) is 10.8. The van der Waals surface area contributed by atoms with Crippen LogP contribution in [0.15, 0.2) is 53.6 Å². The van der Waals surface area contributed by atoms with Gasteiger partial charge >= 0.3 is 0 Å². The molecule has 8 heteroatoms. The van der Waals surface area contributed by atoms with Gasteiger partial charge in [-0.05, 0) is 37.3 Å². The average molecular weight is 452 g/mol. The Labute approximate surface area is 193 Å². The van der Waals surface area contributed by atoms with E-state index in [1.165, 1.54) is 11.8 Å². The van der Waals surface area contributed by atoms with Gasteiger partial charge in [-0.15, -0.1) is 0 Å². The number of aromatic nitrogens is 2. The Kier molecular flexibility index (Phi) is 7.24. The summed E-state index contributed by atoms with van der Waals surface area (Å²) in [6.07, 6.45) is 0. The number of ether oxygens (including phenoxy) is 1. The van der Waals surface area contributed by atoms with E-state index in [-0.39, 0.29) is 11.2 Å². The molecule has 4 rings (SSSR count). The molecule has 0 bridgehead atoms. The van der Waals surface area contributed by atoms with E-state index in [9.17, 15) is 4.79 Å². The van der Waals surface area contributed by atoms with Crippen LogP contribution in [-0.4, -0.2) is 66.4 Å². The van der Waals surface area contributed by atoms with Crippen LogP contribution in [0, 0.1) is 0 Å². The number of rotatable bonds is 7. The minimum Gasteiger partial charge on any atom is -0.379 e. The van der Waals surface area contributed by atoms with Gasteiger partial charge in [-0.1, -0.05) is 30.0 Å². The minimum atomic E-state index is -0.307. The van der Waals surface area contributed by atoms with Gasteiger partial charge in [0.25, 0.3) is 0 Å². The summed E-state index contributed by atoms with van der Waals surface area (Å²) in [6.45, 7) is 5.82. The Morgan fingerprint density at radius 3 is 2.56 bits per heavy atom. The molecule has 32 heavy (non-hydrogen) atoms. The van der Waals surface area contributed by atoms with E-state index < -0.39 is 0 Å². The number of para-hydroxylation sites is 1. The standard InChI is InChI=1S/C24H29N5O2S/c1-17(23(30)25-18-8-10-19(11-9-18)28(2)3)32-24-20-6-4-5-7-21(20)26-22(27-24)16-29-12-14-31-15-13-29/h4-11,17H,12-16H2,1-3H3,(H,25,30)/t17-/m0/s1. The fraction of sp³-hybridized carbons (Fsp3) is 0.375. The summed E-state index contributed by atoms with van der Waals surface area (Å²) in [7, 11) is 3.98. The lowest BCUT2D eigenvalue weighted by Gasteiger charge is -2.26. The number of carbonyl (C=O) groups is 1. The summed E-state index contributed by atoms with van der Waals surface area (Å²) in [5.74, 6) is 0.727. The van der Waals surface area contributed by atoms with Crippen LogP contribution in [0.25, 0.3) is 10.9 Å². The van der Waals surface area contributed by atoms with Crippen LogP contribution in [0.3, 0.4) is 0 Å². The SMILES string of the molecule is C[C@H](Sc1nc(CN2CCOCC2)nc2ccccc12)C(=O)Nc1ccc(N(C)C)cc1. The van der Waals surface area contributed by atoms with Gasteiger partial charge in [-0.3, -0.25) is 9.69 Å². The number of morpholine rings is 1. The zero-order valence-corrected chi connectivity index (χ0v) is 19.6. The molecular weight excluding hydrogens is 422 g/mol. The summed E-state index contributed by atoms with van der Waals surface area (Å²) in [4.78, 5) is 26.8. The van der Waals surface area contributed by atoms with Gasteiger partial charge in [0.1, 0.15) is 10.9 Å². The molecule has 0 spiro atoms. The van der Waals surface area contributed by atoms with Crippen LogP contribution < -0.4 is 10.2 Å². The maximum Gasteiger partial charge on any atom is 0.237 e. The molecule has 7 nitrogen and oxygen atoms in total. The highest BCUT2D eigenvalue weighted by Crippen LogP contribution is 2.29. The molecule has 1 N–H and O–H groups in total. The van der Waals surface area contributed by atoms with E-state index in [1.54, 1.807) is 0 Å². The molecule has 1 aliphatic rings. The van der Waals surface area contributed by atoms with Crippen molar-refractivity contribution in [2.75, 3.05) is 50.6 Å². The molecule has 1 fully saturated rings. The zero-order chi connectivity index (χ0) is 22.5. The molecule has 1 saturated heterocycles. The van der Waals surface area contributed by atoms with Crippen molar-refractivity contribution < 1.29 is 9.53 Å². The molecule has 2 aromatic carbocycles. The normalized spacial score (nSPS) is 15.5. The van der Waals surface area contributed by atoms with Gasteiger partial charge in [0.2, 0.25) is 5.91 Å². The highest BCUT2D eigenvalue weighted by Gasteiger charge is 2.19. The van der Waals surface area contributed by atoms with Crippen molar-refractivity contribution in [1.29, 1.82) is 0 Å². The van der Waals surface area contributed by atoms with Crippen LogP contribution in [0.1, 0.15) is 12.7 Å². The highest BCUT2D eigenvalue weighted by atomic mass is 32.2. The highest BCUT2D eigenvalue weighted by molar-refractivity contribution is 8.00. The zero-order valence-electron chi connectivity index (χ0n) is 18.7. The Balaban J connectivity index is 1.49. The molecule has 0 unspecified atom stereocenters. The molecule has 1 aliphatic heterocycles. The Morgan fingerprint density at radius 2 is 1.84 bits per heavy atom. The minimum absolute atomic E-state index is 0.0509. The fourth-order valence-electron chi connectivity index (χ4n) is 3.52. The third-order valence-corrected chi connectivity index (χ3v) is 6.49. The number of nitrogens with zero attached hydrogens (tertiary/aromatic N) is 4. The number of fused-ring (bicyclic) bond motifs is 1. The molecule has 0 radical (unpaired) electrons. The maximum atomic E-state index is 12.9. The predicted molar refractivity (Wildman–Crippen MR) is 130 cm³/mol. The first kappa shape index (κ1) is 22.5. The van der Waals surface area contributed by atoms with Gasteiger partial charge < -0.3 is 15.0 Å². The van der Waals surface area contributed by atoms with E-state index in [2.05, 4.69) is 10.2 Å². The number of hydrogen-bond donors (Lipinski definition) is 1. The van der Waals surface area contributed by atoms with Crippen LogP contribution in [0.5, 0.6) is 0 Å². The second-order valence-corrected chi connectivity index (χ2v) is 9.37.